The third-order valence-corrected chi connectivity index (χ3v) is 11.4. The van der Waals surface area contributed by atoms with Gasteiger partial charge in [-0.1, -0.05) is 27.7 Å². The van der Waals surface area contributed by atoms with Crippen LogP contribution in [0, 0.1) is 5.92 Å². The zero-order chi connectivity index (χ0) is 20.8. The first-order chi connectivity index (χ1) is 12.1. The van der Waals surface area contributed by atoms with Crippen LogP contribution >= 0.6 is 0 Å². The van der Waals surface area contributed by atoms with Crippen LogP contribution < -0.4 is 0 Å². The molecule has 27 heavy (non-hydrogen) atoms. The van der Waals surface area contributed by atoms with Crippen LogP contribution in [0.25, 0.3) is 0 Å². The van der Waals surface area contributed by atoms with E-state index in [1.165, 1.54) is 0 Å². The molecule has 0 radical (unpaired) electrons. The van der Waals surface area contributed by atoms with E-state index in [0.29, 0.717) is 12.0 Å². The van der Waals surface area contributed by atoms with Gasteiger partial charge in [0.05, 0.1) is 23.9 Å². The molecule has 0 spiro atoms. The van der Waals surface area contributed by atoms with Gasteiger partial charge in [-0.2, -0.15) is 0 Å². The highest BCUT2D eigenvalue weighted by atomic mass is 28.4. The fourth-order valence-corrected chi connectivity index (χ4v) is 4.09. The average molecular weight is 396 g/mol. The van der Waals surface area contributed by atoms with E-state index in [-0.39, 0.29) is 29.5 Å². The summed E-state index contributed by atoms with van der Waals surface area (Å²) in [6.45, 7) is 26.9. The van der Waals surface area contributed by atoms with Crippen LogP contribution in [0.5, 0.6) is 0 Å². The Morgan fingerprint density at radius 3 is 2.11 bits per heavy atom. The zero-order valence-electron chi connectivity index (χ0n) is 19.3. The molecule has 0 unspecified atom stereocenters. The molecule has 0 aromatic carbocycles. The van der Waals surface area contributed by atoms with E-state index in [4.69, 9.17) is 18.5 Å². The van der Waals surface area contributed by atoms with Gasteiger partial charge in [-0.25, -0.2) is 0 Å². The number of allylic oxidation sites excluding steroid dienone is 1. The molecule has 3 atom stereocenters. The van der Waals surface area contributed by atoms with E-state index in [9.17, 15) is 0 Å². The lowest BCUT2D eigenvalue weighted by molar-refractivity contribution is 0.00578. The maximum atomic E-state index is 6.29. The minimum atomic E-state index is -1.70. The quantitative estimate of drug-likeness (QED) is 0.408. The zero-order valence-corrected chi connectivity index (χ0v) is 20.3. The van der Waals surface area contributed by atoms with E-state index < -0.39 is 8.32 Å². The molecule has 2 aliphatic heterocycles. The fraction of sp³-hybridized carbons (Fsp3) is 0.905. The first-order valence-electron chi connectivity index (χ1n) is 10.4. The number of epoxide rings is 1. The minimum Gasteiger partial charge on any atom is -0.414 e. The highest BCUT2D eigenvalue weighted by Crippen LogP contribution is 2.41. The van der Waals surface area contributed by atoms with Crippen LogP contribution in [-0.4, -0.2) is 45.5 Å². The van der Waals surface area contributed by atoms with E-state index in [1.807, 2.05) is 0 Å². The monoisotopic (exact) mass is 396 g/mol. The predicted molar refractivity (Wildman–Crippen MR) is 115 cm³/mol. The first kappa shape index (κ1) is 23.1. The molecule has 2 saturated heterocycles. The molecule has 2 aliphatic rings. The summed E-state index contributed by atoms with van der Waals surface area (Å²) in [7, 11) is -2.01. The minimum absolute atomic E-state index is 0.241. The summed E-state index contributed by atoms with van der Waals surface area (Å²) in [5.74, 6) is 0.486. The molecule has 0 N–H and O–H groups in total. The summed E-state index contributed by atoms with van der Waals surface area (Å²) in [4.78, 5) is 0. The van der Waals surface area contributed by atoms with E-state index in [0.717, 1.165) is 24.9 Å². The Kier molecular flexibility index (Phi) is 6.51. The maximum absolute atomic E-state index is 6.29. The Morgan fingerprint density at radius 1 is 1.11 bits per heavy atom. The number of hydrogen-bond acceptors (Lipinski definition) is 4. The molecular weight excluding hydrogens is 355 g/mol. The maximum Gasteiger partial charge on any atom is 0.489 e. The Morgan fingerprint density at radius 2 is 1.63 bits per heavy atom. The second kappa shape index (κ2) is 7.60. The van der Waals surface area contributed by atoms with Gasteiger partial charge in [0, 0.05) is 0 Å². The van der Waals surface area contributed by atoms with Crippen molar-refractivity contribution in [2.75, 3.05) is 6.61 Å². The molecule has 4 nitrogen and oxygen atoms in total. The summed E-state index contributed by atoms with van der Waals surface area (Å²) in [6.07, 6.45) is 2.50. The normalized spacial score (nSPS) is 28.3. The van der Waals surface area contributed by atoms with Gasteiger partial charge in [0.2, 0.25) is 0 Å². The van der Waals surface area contributed by atoms with Crippen molar-refractivity contribution in [2.24, 2.45) is 5.92 Å². The topological polar surface area (TPSA) is 40.2 Å². The summed E-state index contributed by atoms with van der Waals surface area (Å²) >= 11 is 0. The van der Waals surface area contributed by atoms with Gasteiger partial charge < -0.3 is 18.5 Å². The van der Waals surface area contributed by atoms with Crippen molar-refractivity contribution in [1.82, 2.24) is 0 Å². The SMILES string of the molecule is C=C(C[C@@H](C)C[C@H]1O[C@@H]1CO[Si](C)(C)C(C)(C)C)B1OC(C)(C)C(C)(C)O1. The van der Waals surface area contributed by atoms with Gasteiger partial charge in [0.15, 0.2) is 8.32 Å². The van der Waals surface area contributed by atoms with Crippen molar-refractivity contribution in [1.29, 1.82) is 0 Å². The molecule has 0 aliphatic carbocycles. The third kappa shape index (κ3) is 5.47. The second-order valence-electron chi connectivity index (χ2n) is 11.1. The van der Waals surface area contributed by atoms with E-state index in [2.05, 4.69) is 75.1 Å². The molecular formula is C21H41BO4Si. The summed E-state index contributed by atoms with van der Waals surface area (Å²) < 4.78 is 24.4. The van der Waals surface area contributed by atoms with Gasteiger partial charge >= 0.3 is 7.12 Å². The third-order valence-electron chi connectivity index (χ3n) is 6.93. The molecule has 6 heteroatoms. The second-order valence-corrected chi connectivity index (χ2v) is 15.9. The summed E-state index contributed by atoms with van der Waals surface area (Å²) in [6, 6.07) is 0. The Balaban J connectivity index is 1.73. The largest absolute Gasteiger partial charge is 0.489 e. The van der Waals surface area contributed by atoms with Gasteiger partial charge in [0.1, 0.15) is 6.10 Å². The summed E-state index contributed by atoms with van der Waals surface area (Å²) in [5.41, 5.74) is 0.404. The molecule has 0 aromatic rings. The van der Waals surface area contributed by atoms with E-state index in [1.54, 1.807) is 0 Å². The van der Waals surface area contributed by atoms with Crippen LogP contribution in [0.2, 0.25) is 18.1 Å². The number of hydrogen-bond donors (Lipinski definition) is 0. The molecule has 2 heterocycles. The standard InChI is InChI=1S/C21H41BO4Si/c1-15(12-16(2)22-25-20(6,7)21(8,9)26-22)13-17-18(24-17)14-23-27(10,11)19(3,4)5/h15,17-18H,2,12-14H2,1,3-11H3/t15-,17-,18-/m1/s1. The smallest absolute Gasteiger partial charge is 0.414 e. The lowest BCUT2D eigenvalue weighted by Crippen LogP contribution is -2.41. The molecule has 0 saturated carbocycles. The van der Waals surface area contributed by atoms with Crippen molar-refractivity contribution in [2.45, 2.75) is 110 Å². The Labute approximate surface area is 168 Å². The predicted octanol–water partition coefficient (Wildman–Crippen LogP) is 5.38. The van der Waals surface area contributed by atoms with Crippen molar-refractivity contribution < 1.29 is 18.5 Å². The summed E-state index contributed by atoms with van der Waals surface area (Å²) in [5, 5.41) is 0.241. The molecule has 156 valence electrons. The van der Waals surface area contributed by atoms with Crippen molar-refractivity contribution >= 4 is 15.4 Å². The molecule has 0 amide bonds. The van der Waals surface area contributed by atoms with Gasteiger partial charge in [-0.05, 0) is 70.1 Å². The van der Waals surface area contributed by atoms with Crippen LogP contribution in [0.15, 0.2) is 12.1 Å². The Hall–Kier alpha value is -0.138. The molecule has 0 bridgehead atoms. The molecule has 2 fully saturated rings. The van der Waals surface area contributed by atoms with Gasteiger partial charge in [-0.15, -0.1) is 6.58 Å². The van der Waals surface area contributed by atoms with Crippen molar-refractivity contribution in [3.05, 3.63) is 12.1 Å². The van der Waals surface area contributed by atoms with Crippen LogP contribution in [0.4, 0.5) is 0 Å². The molecule has 2 rings (SSSR count). The van der Waals surface area contributed by atoms with Crippen LogP contribution in [0.3, 0.4) is 0 Å². The Bertz CT molecular complexity index is 537. The molecule has 0 aromatic heterocycles. The van der Waals surface area contributed by atoms with Crippen LogP contribution in [0.1, 0.15) is 68.2 Å². The lowest BCUT2D eigenvalue weighted by Gasteiger charge is -2.36. The van der Waals surface area contributed by atoms with E-state index >= 15 is 0 Å². The average Bonchev–Trinajstić information content (AvgIpc) is 3.15. The number of ether oxygens (including phenoxy) is 1. The van der Waals surface area contributed by atoms with Crippen molar-refractivity contribution in [3.63, 3.8) is 0 Å². The van der Waals surface area contributed by atoms with Gasteiger partial charge in [0.25, 0.3) is 0 Å². The number of rotatable bonds is 8. The van der Waals surface area contributed by atoms with Gasteiger partial charge in [-0.3, -0.25) is 0 Å². The highest BCUT2D eigenvalue weighted by Gasteiger charge is 2.52. The van der Waals surface area contributed by atoms with Crippen molar-refractivity contribution in [3.8, 4) is 0 Å². The first-order valence-corrected chi connectivity index (χ1v) is 13.3. The highest BCUT2D eigenvalue weighted by molar-refractivity contribution is 6.74. The fourth-order valence-electron chi connectivity index (χ4n) is 3.07. The van der Waals surface area contributed by atoms with Crippen LogP contribution in [-0.2, 0) is 18.5 Å². The lowest BCUT2D eigenvalue weighted by atomic mass is 9.74.